The van der Waals surface area contributed by atoms with E-state index in [0.717, 1.165) is 18.4 Å². The number of ether oxygens (including phenoxy) is 1. The van der Waals surface area contributed by atoms with E-state index < -0.39 is 17.7 Å². The molecule has 0 radical (unpaired) electrons. The van der Waals surface area contributed by atoms with Crippen LogP contribution >= 0.6 is 11.8 Å². The third-order valence-corrected chi connectivity index (χ3v) is 6.95. The number of unbranched alkanes of at least 4 members (excludes halogenated alkanes) is 9. The van der Waals surface area contributed by atoms with Crippen molar-refractivity contribution in [3.8, 4) is 5.75 Å². The lowest BCUT2D eigenvalue weighted by atomic mass is 10.0. The summed E-state index contributed by atoms with van der Waals surface area (Å²) in [6.07, 6.45) is 13.6. The molecule has 36 heavy (non-hydrogen) atoms. The van der Waals surface area contributed by atoms with Gasteiger partial charge in [-0.15, -0.1) is 0 Å². The summed E-state index contributed by atoms with van der Waals surface area (Å²) in [5, 5.41) is 15.2. The van der Waals surface area contributed by atoms with Gasteiger partial charge in [0, 0.05) is 13.0 Å². The molecule has 2 amide bonds. The fourth-order valence-corrected chi connectivity index (χ4v) is 4.83. The summed E-state index contributed by atoms with van der Waals surface area (Å²) < 4.78 is 5.33. The number of phenolic OH excluding ortho intramolecular Hbond substituents is 1. The van der Waals surface area contributed by atoms with Crippen LogP contribution < -0.4 is 10.6 Å². The first-order valence-corrected chi connectivity index (χ1v) is 15.0. The Labute approximate surface area is 223 Å². The van der Waals surface area contributed by atoms with E-state index in [4.69, 9.17) is 4.74 Å². The number of alkyl carbamates (subject to hydrolysis) is 1. The number of amides is 2. The van der Waals surface area contributed by atoms with Crippen molar-refractivity contribution in [1.29, 1.82) is 0 Å². The van der Waals surface area contributed by atoms with Crippen LogP contribution in [0.3, 0.4) is 0 Å². The van der Waals surface area contributed by atoms with Crippen LogP contribution in [-0.4, -0.2) is 46.8 Å². The normalized spacial score (nSPS) is 12.2. The lowest BCUT2D eigenvalue weighted by Gasteiger charge is -2.23. The van der Waals surface area contributed by atoms with Crippen molar-refractivity contribution in [3.63, 3.8) is 0 Å². The zero-order valence-electron chi connectivity index (χ0n) is 23.1. The van der Waals surface area contributed by atoms with Gasteiger partial charge in [0.15, 0.2) is 0 Å². The molecule has 1 aromatic carbocycles. The van der Waals surface area contributed by atoms with Crippen LogP contribution in [-0.2, 0) is 16.0 Å². The third-order valence-electron chi connectivity index (χ3n) is 5.79. The van der Waals surface area contributed by atoms with Gasteiger partial charge in [0.2, 0.25) is 5.91 Å². The van der Waals surface area contributed by atoms with Crippen LogP contribution in [0, 0.1) is 0 Å². The summed E-state index contributed by atoms with van der Waals surface area (Å²) in [6, 6.07) is 5.90. The van der Waals surface area contributed by atoms with Crippen LogP contribution in [0.4, 0.5) is 4.79 Å². The predicted octanol–water partition coefficient (Wildman–Crippen LogP) is 6.99. The Morgan fingerprint density at radius 2 is 1.44 bits per heavy atom. The zero-order chi connectivity index (χ0) is 26.7. The van der Waals surface area contributed by atoms with Gasteiger partial charge in [0.25, 0.3) is 0 Å². The van der Waals surface area contributed by atoms with Gasteiger partial charge < -0.3 is 20.5 Å². The van der Waals surface area contributed by atoms with E-state index in [1.54, 1.807) is 45.0 Å². The summed E-state index contributed by atoms with van der Waals surface area (Å²) in [5.41, 5.74) is 0.203. The fourth-order valence-electron chi connectivity index (χ4n) is 3.81. The lowest BCUT2D eigenvalue weighted by Crippen LogP contribution is -2.49. The van der Waals surface area contributed by atoms with Crippen molar-refractivity contribution >= 4 is 23.8 Å². The highest BCUT2D eigenvalue weighted by Crippen LogP contribution is 2.14. The molecule has 0 aliphatic carbocycles. The lowest BCUT2D eigenvalue weighted by molar-refractivity contribution is -0.123. The molecule has 0 spiro atoms. The number of thioether (sulfide) groups is 1. The van der Waals surface area contributed by atoms with Crippen molar-refractivity contribution in [2.45, 2.75) is 116 Å². The number of hydrogen-bond donors (Lipinski definition) is 3. The first-order valence-electron chi connectivity index (χ1n) is 13.8. The summed E-state index contributed by atoms with van der Waals surface area (Å²) in [6.45, 7) is 8.21. The number of rotatable bonds is 19. The van der Waals surface area contributed by atoms with Gasteiger partial charge in [-0.3, -0.25) is 4.79 Å². The van der Waals surface area contributed by atoms with Crippen LogP contribution in [0.2, 0.25) is 0 Å². The molecule has 0 bridgehead atoms. The van der Waals surface area contributed by atoms with E-state index in [2.05, 4.69) is 29.3 Å². The van der Waals surface area contributed by atoms with E-state index in [1.165, 1.54) is 69.3 Å². The molecule has 0 aromatic heterocycles. The highest BCUT2D eigenvalue weighted by molar-refractivity contribution is 7.99. The quantitative estimate of drug-likeness (QED) is 0.170. The van der Waals surface area contributed by atoms with E-state index in [-0.39, 0.29) is 11.7 Å². The molecule has 0 saturated heterocycles. The van der Waals surface area contributed by atoms with Gasteiger partial charge in [0.05, 0.1) is 0 Å². The van der Waals surface area contributed by atoms with Crippen molar-refractivity contribution < 1.29 is 19.4 Å². The van der Waals surface area contributed by atoms with Gasteiger partial charge in [-0.2, -0.15) is 11.8 Å². The summed E-state index contributed by atoms with van der Waals surface area (Å²) in [7, 11) is 0. The molecule has 0 saturated carbocycles. The van der Waals surface area contributed by atoms with Crippen LogP contribution in [0.5, 0.6) is 5.75 Å². The minimum absolute atomic E-state index is 0.163. The Kier molecular flexibility index (Phi) is 17.2. The first-order chi connectivity index (χ1) is 17.2. The Balaban J connectivity index is 2.23. The molecule has 7 heteroatoms. The molecule has 0 fully saturated rings. The van der Waals surface area contributed by atoms with Gasteiger partial charge >= 0.3 is 6.09 Å². The second kappa shape index (κ2) is 19.3. The molecule has 1 atom stereocenters. The number of benzene rings is 1. The molecule has 1 rings (SSSR count). The predicted molar refractivity (Wildman–Crippen MR) is 152 cm³/mol. The second-order valence-electron chi connectivity index (χ2n) is 10.5. The number of hydrogen-bond acceptors (Lipinski definition) is 5. The SMILES string of the molecule is CCCCCCCCSCCCCCCCNC(=O)C(Cc1ccc(O)cc1)NC(=O)OC(C)(C)C. The van der Waals surface area contributed by atoms with Crippen LogP contribution in [0.1, 0.15) is 104 Å². The monoisotopic (exact) mass is 522 g/mol. The maximum atomic E-state index is 12.8. The summed E-state index contributed by atoms with van der Waals surface area (Å²) in [5.74, 6) is 2.48. The largest absolute Gasteiger partial charge is 0.508 e. The average Bonchev–Trinajstić information content (AvgIpc) is 2.81. The van der Waals surface area contributed by atoms with Gasteiger partial charge in [-0.1, -0.05) is 70.4 Å². The van der Waals surface area contributed by atoms with Crippen molar-refractivity contribution in [3.05, 3.63) is 29.8 Å². The standard InChI is InChI=1S/C29H50N2O4S/c1-5-6-7-8-11-14-21-36-22-15-12-9-10-13-20-30-27(33)26(31-28(34)35-29(2,3)4)23-24-16-18-25(32)19-17-24/h16-19,26,32H,5-15,20-23H2,1-4H3,(H,30,33)(H,31,34). The molecule has 1 aromatic rings. The minimum atomic E-state index is -0.743. The Morgan fingerprint density at radius 1 is 0.889 bits per heavy atom. The third kappa shape index (κ3) is 17.5. The highest BCUT2D eigenvalue weighted by Gasteiger charge is 2.24. The molecular weight excluding hydrogens is 472 g/mol. The van der Waals surface area contributed by atoms with Gasteiger partial charge in [-0.05, 0) is 69.2 Å². The van der Waals surface area contributed by atoms with E-state index in [1.807, 2.05) is 0 Å². The Morgan fingerprint density at radius 3 is 2.03 bits per heavy atom. The smallest absolute Gasteiger partial charge is 0.408 e. The maximum absolute atomic E-state index is 12.8. The molecule has 1 unspecified atom stereocenters. The molecule has 0 heterocycles. The van der Waals surface area contributed by atoms with Crippen LogP contribution in [0.25, 0.3) is 0 Å². The summed E-state index contributed by atoms with van der Waals surface area (Å²) >= 11 is 2.09. The Bertz CT molecular complexity index is 719. The van der Waals surface area contributed by atoms with Gasteiger partial charge in [0.1, 0.15) is 17.4 Å². The second-order valence-corrected chi connectivity index (χ2v) is 11.7. The molecule has 0 aliphatic heterocycles. The molecule has 0 aliphatic rings. The van der Waals surface area contributed by atoms with Crippen LogP contribution in [0.15, 0.2) is 24.3 Å². The molecule has 3 N–H and O–H groups in total. The van der Waals surface area contributed by atoms with Crippen molar-refractivity contribution in [1.82, 2.24) is 10.6 Å². The van der Waals surface area contributed by atoms with E-state index >= 15 is 0 Å². The molecule has 206 valence electrons. The molecular formula is C29H50N2O4S. The highest BCUT2D eigenvalue weighted by atomic mass is 32.2. The number of aromatic hydroxyl groups is 1. The summed E-state index contributed by atoms with van der Waals surface area (Å²) in [4.78, 5) is 25.1. The zero-order valence-corrected chi connectivity index (χ0v) is 23.9. The van der Waals surface area contributed by atoms with E-state index in [0.29, 0.717) is 13.0 Å². The van der Waals surface area contributed by atoms with E-state index in [9.17, 15) is 14.7 Å². The topological polar surface area (TPSA) is 87.7 Å². The number of phenols is 1. The van der Waals surface area contributed by atoms with Gasteiger partial charge in [-0.25, -0.2) is 4.79 Å². The minimum Gasteiger partial charge on any atom is -0.508 e. The maximum Gasteiger partial charge on any atom is 0.408 e. The first kappa shape index (κ1) is 32.1. The number of carbonyl (C=O) groups excluding carboxylic acids is 2. The Hall–Kier alpha value is -1.89. The fraction of sp³-hybridized carbons (Fsp3) is 0.724. The molecule has 6 nitrogen and oxygen atoms in total. The van der Waals surface area contributed by atoms with Crippen molar-refractivity contribution in [2.75, 3.05) is 18.1 Å². The van der Waals surface area contributed by atoms with Crippen molar-refractivity contribution in [2.24, 2.45) is 0 Å². The number of carbonyl (C=O) groups is 2. The number of nitrogens with one attached hydrogen (secondary N) is 2. The average molecular weight is 523 g/mol.